The molecule has 0 aliphatic rings. The lowest BCUT2D eigenvalue weighted by molar-refractivity contribution is 0.228. The fraction of sp³-hybridized carbons (Fsp3) is 0.444. The molecule has 0 bridgehead atoms. The summed E-state index contributed by atoms with van der Waals surface area (Å²) in [5.74, 6) is 1.28. The molecular formula is C18H24ClN3O. The van der Waals surface area contributed by atoms with Gasteiger partial charge in [0.15, 0.2) is 0 Å². The average Bonchev–Trinajstić information content (AvgIpc) is 2.44. The van der Waals surface area contributed by atoms with Crippen molar-refractivity contribution in [3.05, 3.63) is 41.3 Å². The molecule has 0 aliphatic carbocycles. The molecule has 4 nitrogen and oxygen atoms in total. The van der Waals surface area contributed by atoms with Crippen LogP contribution in [0.3, 0.4) is 0 Å². The molecule has 2 N–H and O–H groups in total. The highest BCUT2D eigenvalue weighted by Gasteiger charge is 2.16. The van der Waals surface area contributed by atoms with Crippen molar-refractivity contribution in [3.63, 3.8) is 0 Å². The first-order valence-electron chi connectivity index (χ1n) is 7.76. The van der Waals surface area contributed by atoms with E-state index in [0.29, 0.717) is 12.5 Å². The van der Waals surface area contributed by atoms with Crippen molar-refractivity contribution in [2.24, 2.45) is 11.7 Å². The standard InChI is InChI=1S/C18H24ClN3O/c1-12(10-18(3,4)20)11-23-16-6-5-14(9-13(16)2)15-7-8-21-17(19)22-15/h5-9,12H,10-11,20H2,1-4H3/t12-/m0/s1. The largest absolute Gasteiger partial charge is 0.493 e. The highest BCUT2D eigenvalue weighted by Crippen LogP contribution is 2.26. The number of nitrogens with zero attached hydrogens (tertiary/aromatic N) is 2. The fourth-order valence-corrected chi connectivity index (χ4v) is 2.80. The van der Waals surface area contributed by atoms with Crippen LogP contribution in [-0.4, -0.2) is 22.1 Å². The third-order valence-electron chi connectivity index (χ3n) is 3.49. The van der Waals surface area contributed by atoms with Gasteiger partial charge in [0, 0.05) is 17.3 Å². The van der Waals surface area contributed by atoms with E-state index >= 15 is 0 Å². The lowest BCUT2D eigenvalue weighted by atomic mass is 9.93. The maximum Gasteiger partial charge on any atom is 0.222 e. The summed E-state index contributed by atoms with van der Waals surface area (Å²) in [6, 6.07) is 7.84. The van der Waals surface area contributed by atoms with Gasteiger partial charge in [-0.25, -0.2) is 9.97 Å². The molecule has 0 fully saturated rings. The Balaban J connectivity index is 2.05. The van der Waals surface area contributed by atoms with Gasteiger partial charge >= 0.3 is 0 Å². The Morgan fingerprint density at radius 3 is 2.65 bits per heavy atom. The van der Waals surface area contributed by atoms with Crippen molar-refractivity contribution in [2.75, 3.05) is 6.61 Å². The quantitative estimate of drug-likeness (QED) is 0.803. The Labute approximate surface area is 143 Å². The van der Waals surface area contributed by atoms with Gasteiger partial charge in [0.05, 0.1) is 12.3 Å². The van der Waals surface area contributed by atoms with Crippen LogP contribution in [0.4, 0.5) is 0 Å². The number of hydrogen-bond acceptors (Lipinski definition) is 4. The second-order valence-corrected chi connectivity index (χ2v) is 7.14. The molecule has 0 radical (unpaired) electrons. The smallest absolute Gasteiger partial charge is 0.222 e. The van der Waals surface area contributed by atoms with E-state index in [2.05, 4.69) is 16.9 Å². The molecule has 1 aromatic heterocycles. The van der Waals surface area contributed by atoms with Crippen LogP contribution in [0.25, 0.3) is 11.3 Å². The first-order chi connectivity index (χ1) is 10.7. The lowest BCUT2D eigenvalue weighted by Crippen LogP contribution is -2.35. The summed E-state index contributed by atoms with van der Waals surface area (Å²) in [6.45, 7) is 8.91. The lowest BCUT2D eigenvalue weighted by Gasteiger charge is -2.23. The van der Waals surface area contributed by atoms with Crippen LogP contribution in [0.5, 0.6) is 5.75 Å². The van der Waals surface area contributed by atoms with E-state index in [1.807, 2.05) is 45.0 Å². The Morgan fingerprint density at radius 1 is 1.30 bits per heavy atom. The Hall–Kier alpha value is -1.65. The monoisotopic (exact) mass is 333 g/mol. The third kappa shape index (κ3) is 5.48. The summed E-state index contributed by atoms with van der Waals surface area (Å²) >= 11 is 5.85. The SMILES string of the molecule is Cc1cc(-c2ccnc(Cl)n2)ccc1OC[C@@H](C)CC(C)(C)N. The number of halogens is 1. The number of aryl methyl sites for hydroxylation is 1. The van der Waals surface area contributed by atoms with Crippen molar-refractivity contribution in [3.8, 4) is 17.0 Å². The van der Waals surface area contributed by atoms with Crippen LogP contribution in [0.1, 0.15) is 32.8 Å². The molecule has 23 heavy (non-hydrogen) atoms. The van der Waals surface area contributed by atoms with Gasteiger partial charge in [0.2, 0.25) is 5.28 Å². The molecule has 0 aliphatic heterocycles. The van der Waals surface area contributed by atoms with E-state index in [4.69, 9.17) is 22.1 Å². The van der Waals surface area contributed by atoms with Crippen molar-refractivity contribution >= 4 is 11.6 Å². The van der Waals surface area contributed by atoms with Gasteiger partial charge in [0.1, 0.15) is 5.75 Å². The molecular weight excluding hydrogens is 310 g/mol. The zero-order valence-corrected chi connectivity index (χ0v) is 14.9. The van der Waals surface area contributed by atoms with E-state index in [0.717, 1.165) is 29.0 Å². The number of aromatic nitrogens is 2. The molecule has 5 heteroatoms. The van der Waals surface area contributed by atoms with Crippen LogP contribution in [0.15, 0.2) is 30.5 Å². The predicted octanol–water partition coefficient (Wildman–Crippen LogP) is 4.25. The van der Waals surface area contributed by atoms with Crippen molar-refractivity contribution < 1.29 is 4.74 Å². The minimum absolute atomic E-state index is 0.173. The van der Waals surface area contributed by atoms with Gasteiger partial charge in [-0.1, -0.05) is 6.92 Å². The first kappa shape index (κ1) is 17.7. The zero-order chi connectivity index (χ0) is 17.0. The van der Waals surface area contributed by atoms with E-state index in [-0.39, 0.29) is 10.8 Å². The summed E-state index contributed by atoms with van der Waals surface area (Å²) in [5, 5.41) is 0.249. The molecule has 2 aromatic rings. The molecule has 0 saturated carbocycles. The summed E-state index contributed by atoms with van der Waals surface area (Å²) in [5.41, 5.74) is 8.75. The molecule has 0 saturated heterocycles. The Morgan fingerprint density at radius 2 is 2.04 bits per heavy atom. The molecule has 1 aromatic carbocycles. The van der Waals surface area contributed by atoms with Crippen LogP contribution in [0, 0.1) is 12.8 Å². The second-order valence-electron chi connectivity index (χ2n) is 6.80. The normalized spacial score (nSPS) is 13.0. The number of rotatable bonds is 6. The molecule has 0 spiro atoms. The van der Waals surface area contributed by atoms with Crippen molar-refractivity contribution in [1.82, 2.24) is 9.97 Å². The molecule has 124 valence electrons. The number of ether oxygens (including phenoxy) is 1. The predicted molar refractivity (Wildman–Crippen MR) is 94.8 cm³/mol. The summed E-state index contributed by atoms with van der Waals surface area (Å²) in [6.07, 6.45) is 2.57. The summed E-state index contributed by atoms with van der Waals surface area (Å²) < 4.78 is 5.94. The van der Waals surface area contributed by atoms with Crippen molar-refractivity contribution in [2.45, 2.75) is 39.7 Å². The van der Waals surface area contributed by atoms with Gasteiger partial charge < -0.3 is 10.5 Å². The highest BCUT2D eigenvalue weighted by atomic mass is 35.5. The maximum atomic E-state index is 6.05. The van der Waals surface area contributed by atoms with Crippen LogP contribution >= 0.6 is 11.6 Å². The first-order valence-corrected chi connectivity index (χ1v) is 8.13. The van der Waals surface area contributed by atoms with Crippen LogP contribution in [-0.2, 0) is 0 Å². The van der Waals surface area contributed by atoms with E-state index in [1.165, 1.54) is 0 Å². The average molecular weight is 334 g/mol. The topological polar surface area (TPSA) is 61.0 Å². The van der Waals surface area contributed by atoms with E-state index in [1.54, 1.807) is 6.20 Å². The van der Waals surface area contributed by atoms with Crippen LogP contribution in [0.2, 0.25) is 5.28 Å². The molecule has 0 unspecified atom stereocenters. The van der Waals surface area contributed by atoms with Gasteiger partial charge in [-0.05, 0) is 74.5 Å². The van der Waals surface area contributed by atoms with Gasteiger partial charge in [-0.2, -0.15) is 0 Å². The minimum atomic E-state index is -0.173. The number of benzene rings is 1. The summed E-state index contributed by atoms with van der Waals surface area (Å²) in [4.78, 5) is 8.13. The Kier molecular flexibility index (Phi) is 5.60. The summed E-state index contributed by atoms with van der Waals surface area (Å²) in [7, 11) is 0. The number of hydrogen-bond donors (Lipinski definition) is 1. The molecule has 1 heterocycles. The van der Waals surface area contributed by atoms with Crippen molar-refractivity contribution in [1.29, 1.82) is 0 Å². The van der Waals surface area contributed by atoms with E-state index < -0.39 is 0 Å². The highest BCUT2D eigenvalue weighted by molar-refractivity contribution is 6.28. The molecule has 1 atom stereocenters. The fourth-order valence-electron chi connectivity index (χ4n) is 2.66. The second kappa shape index (κ2) is 7.28. The molecule has 2 rings (SSSR count). The van der Waals surface area contributed by atoms with Gasteiger partial charge in [-0.3, -0.25) is 0 Å². The number of nitrogens with two attached hydrogens (primary N) is 1. The molecule has 0 amide bonds. The van der Waals surface area contributed by atoms with Crippen LogP contribution < -0.4 is 10.5 Å². The van der Waals surface area contributed by atoms with Gasteiger partial charge in [-0.15, -0.1) is 0 Å². The minimum Gasteiger partial charge on any atom is -0.493 e. The Bertz CT molecular complexity index is 668. The maximum absolute atomic E-state index is 6.05. The third-order valence-corrected chi connectivity index (χ3v) is 3.68. The van der Waals surface area contributed by atoms with E-state index in [9.17, 15) is 0 Å². The van der Waals surface area contributed by atoms with Gasteiger partial charge in [0.25, 0.3) is 0 Å². The zero-order valence-electron chi connectivity index (χ0n) is 14.1.